The summed E-state index contributed by atoms with van der Waals surface area (Å²) in [6, 6.07) is 3.65. The van der Waals surface area contributed by atoms with Gasteiger partial charge >= 0.3 is 5.97 Å². The molecule has 0 aromatic heterocycles. The maximum absolute atomic E-state index is 13.3. The maximum atomic E-state index is 13.3. The van der Waals surface area contributed by atoms with Gasteiger partial charge in [-0.15, -0.1) is 59.3 Å². The minimum absolute atomic E-state index is 0. The molecule has 2 aliphatic rings. The molecule has 37 heavy (non-hydrogen) atoms. The average molecular weight is 677 g/mol. The van der Waals surface area contributed by atoms with Crippen molar-refractivity contribution in [3.05, 3.63) is 41.6 Å². The SMILES string of the molecule is CCOC(=O)COc1c(SCC)cc(C(=O)CN2C=C3C=CC(C(=N)SC)C(=O)C3C2)cc1SCC.I. The van der Waals surface area contributed by atoms with E-state index in [1.807, 2.05) is 43.2 Å². The van der Waals surface area contributed by atoms with Crippen LogP contribution in [0.25, 0.3) is 0 Å². The van der Waals surface area contributed by atoms with Crippen molar-refractivity contribution in [2.45, 2.75) is 30.6 Å². The zero-order valence-corrected chi connectivity index (χ0v) is 26.2. The smallest absolute Gasteiger partial charge is 0.344 e. The summed E-state index contributed by atoms with van der Waals surface area (Å²) in [5.74, 6) is 0.894. The molecule has 1 aromatic carbocycles. The van der Waals surface area contributed by atoms with Crippen molar-refractivity contribution in [2.75, 3.05) is 44.1 Å². The molecule has 1 heterocycles. The summed E-state index contributed by atoms with van der Waals surface area (Å²) in [5, 5.41) is 8.40. The molecule has 1 N–H and O–H groups in total. The largest absolute Gasteiger partial charge is 0.480 e. The Hall–Kier alpha value is -1.44. The first-order chi connectivity index (χ1) is 17.3. The van der Waals surface area contributed by atoms with Gasteiger partial charge < -0.3 is 14.4 Å². The van der Waals surface area contributed by atoms with Crippen LogP contribution in [0.15, 0.2) is 45.8 Å². The number of nitrogens with one attached hydrogen (secondary N) is 1. The topological polar surface area (TPSA) is 96.8 Å². The zero-order valence-electron chi connectivity index (χ0n) is 21.4. The molecule has 7 nitrogen and oxygen atoms in total. The number of benzene rings is 1. The number of carbonyl (C=O) groups excluding carboxylic acids is 3. The van der Waals surface area contributed by atoms with Crippen LogP contribution in [-0.4, -0.2) is 71.5 Å². The minimum atomic E-state index is -0.498. The van der Waals surface area contributed by atoms with Crippen molar-refractivity contribution in [3.8, 4) is 5.75 Å². The molecule has 0 saturated heterocycles. The number of halogens is 1. The van der Waals surface area contributed by atoms with Crippen LogP contribution in [0.2, 0.25) is 0 Å². The van der Waals surface area contributed by atoms with Crippen LogP contribution in [-0.2, 0) is 14.3 Å². The van der Waals surface area contributed by atoms with E-state index >= 15 is 0 Å². The third-order valence-corrected chi connectivity index (χ3v) is 8.21. The molecule has 1 aliphatic heterocycles. The lowest BCUT2D eigenvalue weighted by atomic mass is 9.84. The van der Waals surface area contributed by atoms with E-state index in [-0.39, 0.29) is 54.6 Å². The van der Waals surface area contributed by atoms with E-state index in [4.69, 9.17) is 14.9 Å². The number of esters is 1. The Morgan fingerprint density at radius 3 is 2.35 bits per heavy atom. The lowest BCUT2D eigenvalue weighted by Crippen LogP contribution is -2.34. The van der Waals surface area contributed by atoms with Crippen LogP contribution in [0.4, 0.5) is 0 Å². The van der Waals surface area contributed by atoms with Crippen molar-refractivity contribution in [1.82, 2.24) is 4.90 Å². The number of nitrogens with zero attached hydrogens (tertiary/aromatic N) is 1. The minimum Gasteiger partial charge on any atom is -0.480 e. The first-order valence-electron chi connectivity index (χ1n) is 11.9. The van der Waals surface area contributed by atoms with Crippen LogP contribution in [0.3, 0.4) is 0 Å². The Bertz CT molecular complexity index is 1060. The molecule has 3 rings (SSSR count). The molecule has 11 heteroatoms. The number of Topliss-reactive ketones (excluding diaryl/α,β-unsaturated/α-hetero) is 2. The van der Waals surface area contributed by atoms with E-state index < -0.39 is 11.9 Å². The highest BCUT2D eigenvalue weighted by Gasteiger charge is 2.37. The van der Waals surface area contributed by atoms with Gasteiger partial charge in [0.15, 0.2) is 18.2 Å². The first kappa shape index (κ1) is 31.8. The number of hydrogen-bond acceptors (Lipinski definition) is 10. The third kappa shape index (κ3) is 8.03. The predicted octanol–water partition coefficient (Wildman–Crippen LogP) is 5.56. The monoisotopic (exact) mass is 676 g/mol. The van der Waals surface area contributed by atoms with E-state index in [1.54, 1.807) is 42.8 Å². The number of rotatable bonds is 12. The number of thioether (sulfide) groups is 3. The molecule has 202 valence electrons. The second kappa shape index (κ2) is 15.2. The van der Waals surface area contributed by atoms with Crippen LogP contribution < -0.4 is 4.74 Å². The first-order valence-corrected chi connectivity index (χ1v) is 15.1. The van der Waals surface area contributed by atoms with E-state index in [1.165, 1.54) is 11.8 Å². The molecule has 0 radical (unpaired) electrons. The normalized spacial score (nSPS) is 18.1. The van der Waals surface area contributed by atoms with E-state index in [0.29, 0.717) is 29.5 Å². The Kier molecular flexibility index (Phi) is 13.1. The lowest BCUT2D eigenvalue weighted by molar-refractivity contribution is -0.145. The molecule has 0 saturated carbocycles. The molecule has 0 spiro atoms. The average Bonchev–Trinajstić information content (AvgIpc) is 3.27. The molecule has 0 fully saturated rings. The van der Waals surface area contributed by atoms with Gasteiger partial charge in [0.2, 0.25) is 0 Å². The van der Waals surface area contributed by atoms with Crippen molar-refractivity contribution >= 4 is 81.8 Å². The number of carbonyl (C=O) groups is 3. The van der Waals surface area contributed by atoms with Gasteiger partial charge in [-0.1, -0.05) is 26.0 Å². The molecule has 1 aliphatic carbocycles. The van der Waals surface area contributed by atoms with Crippen molar-refractivity contribution < 1.29 is 23.9 Å². The number of fused-ring (bicyclic) bond motifs is 1. The van der Waals surface area contributed by atoms with Crippen molar-refractivity contribution in [2.24, 2.45) is 11.8 Å². The van der Waals surface area contributed by atoms with Crippen molar-refractivity contribution in [3.63, 3.8) is 0 Å². The highest BCUT2D eigenvalue weighted by molar-refractivity contribution is 14.0. The van der Waals surface area contributed by atoms with Gasteiger partial charge in [0.05, 0.1) is 39.8 Å². The summed E-state index contributed by atoms with van der Waals surface area (Å²) in [4.78, 5) is 41.6. The van der Waals surface area contributed by atoms with Gasteiger partial charge in [-0.25, -0.2) is 4.79 Å². The highest BCUT2D eigenvalue weighted by Crippen LogP contribution is 2.40. The van der Waals surface area contributed by atoms with Crippen LogP contribution in [0.5, 0.6) is 5.75 Å². The van der Waals surface area contributed by atoms with Gasteiger partial charge in [0.1, 0.15) is 5.75 Å². The molecule has 1 aromatic rings. The van der Waals surface area contributed by atoms with Crippen LogP contribution >= 0.6 is 59.3 Å². The Labute approximate surface area is 248 Å². The third-order valence-electron chi connectivity index (χ3n) is 5.71. The van der Waals surface area contributed by atoms with Crippen molar-refractivity contribution in [1.29, 1.82) is 5.41 Å². The van der Waals surface area contributed by atoms with Crippen LogP contribution in [0.1, 0.15) is 31.1 Å². The summed E-state index contributed by atoms with van der Waals surface area (Å²) < 4.78 is 10.8. The standard InChI is InChI=1S/C26H32N2O5S3.HI/c1-5-32-23(30)15-33-25-21(35-6-2)10-17(11-22(25)36-7-3)20(29)14-28-12-16-8-9-18(26(27)34-4)24(31)19(16)13-28;/h8-12,18-19,27H,5-7,13-15H2,1-4H3;1H. The predicted molar refractivity (Wildman–Crippen MR) is 163 cm³/mol. The quantitative estimate of drug-likeness (QED) is 0.0762. The lowest BCUT2D eigenvalue weighted by Gasteiger charge is -2.23. The number of ether oxygens (including phenoxy) is 2. The highest BCUT2D eigenvalue weighted by atomic mass is 127. The fourth-order valence-electron chi connectivity index (χ4n) is 4.09. The Morgan fingerprint density at radius 2 is 1.78 bits per heavy atom. The van der Waals surface area contributed by atoms with E-state index in [0.717, 1.165) is 26.9 Å². The molecule has 2 unspecified atom stereocenters. The summed E-state index contributed by atoms with van der Waals surface area (Å²) in [7, 11) is 0. The van der Waals surface area contributed by atoms with Gasteiger partial charge in [-0.3, -0.25) is 15.0 Å². The van der Waals surface area contributed by atoms with Crippen LogP contribution in [0, 0.1) is 17.2 Å². The number of allylic oxidation sites excluding steroid dienone is 2. The number of hydrogen-bond donors (Lipinski definition) is 1. The molecular weight excluding hydrogens is 643 g/mol. The summed E-state index contributed by atoms with van der Waals surface area (Å²) in [6.07, 6.45) is 7.38. The fourth-order valence-corrected chi connectivity index (χ4v) is 6.25. The fraction of sp³-hybridized carbons (Fsp3) is 0.462. The zero-order chi connectivity index (χ0) is 26.2. The maximum Gasteiger partial charge on any atom is 0.344 e. The number of ketones is 2. The summed E-state index contributed by atoms with van der Waals surface area (Å²) >= 11 is 4.40. The molecule has 2 atom stereocenters. The van der Waals surface area contributed by atoms with Gasteiger partial charge in [-0.2, -0.15) is 0 Å². The summed E-state index contributed by atoms with van der Waals surface area (Å²) in [5.41, 5.74) is 1.47. The molecule has 0 amide bonds. The molecular formula is C26H33IN2O5S3. The van der Waals surface area contributed by atoms with Gasteiger partial charge in [0.25, 0.3) is 0 Å². The summed E-state index contributed by atoms with van der Waals surface area (Å²) in [6.45, 7) is 6.49. The second-order valence-corrected chi connectivity index (χ2v) is 11.6. The van der Waals surface area contributed by atoms with E-state index in [9.17, 15) is 14.4 Å². The van der Waals surface area contributed by atoms with Gasteiger partial charge in [-0.05, 0) is 42.4 Å². The molecule has 0 bridgehead atoms. The second-order valence-electron chi connectivity index (χ2n) is 8.10. The Morgan fingerprint density at radius 1 is 1.14 bits per heavy atom. The van der Waals surface area contributed by atoms with Gasteiger partial charge in [0, 0.05) is 18.3 Å². The van der Waals surface area contributed by atoms with E-state index in [2.05, 4.69) is 0 Å². The Balaban J connectivity index is 0.00000481.